The molecule has 1 amide bonds. The average molecular weight is 443 g/mol. The first-order chi connectivity index (χ1) is 15.4. The van der Waals surface area contributed by atoms with Gasteiger partial charge in [0.1, 0.15) is 17.3 Å². The topological polar surface area (TPSA) is 74.0 Å². The monoisotopic (exact) mass is 442 g/mol. The van der Waals surface area contributed by atoms with Crippen molar-refractivity contribution >= 4 is 17.1 Å². The highest BCUT2D eigenvalue weighted by molar-refractivity contribution is 5.81. The molecule has 5 rings (SSSR count). The standard InChI is InChI=1S/C25H34N2O5/c1-25(2,3)32-24(28)27-16-4-5-17(27)15-20(14-16)30-18-6-8-19(9-7-18)31-23-21-11-13-29-22(21)10-12-26-23/h10-13,16-20H,4-9,14-15H2,1-3H3/t16-,17-,18?,19?/m0/s1. The van der Waals surface area contributed by atoms with Crippen LogP contribution in [0.3, 0.4) is 0 Å². The van der Waals surface area contributed by atoms with Crippen LogP contribution in [-0.2, 0) is 9.47 Å². The number of ether oxygens (including phenoxy) is 3. The highest BCUT2D eigenvalue weighted by Gasteiger charge is 2.45. The van der Waals surface area contributed by atoms with Crippen LogP contribution in [0.15, 0.2) is 29.0 Å². The number of nitrogens with zero attached hydrogens (tertiary/aromatic N) is 2. The maximum Gasteiger partial charge on any atom is 0.410 e. The molecule has 2 bridgehead atoms. The molecule has 2 saturated heterocycles. The number of fused-ring (bicyclic) bond motifs is 3. The van der Waals surface area contributed by atoms with E-state index in [9.17, 15) is 4.79 Å². The first kappa shape index (κ1) is 21.6. The molecule has 2 atom stereocenters. The van der Waals surface area contributed by atoms with Crippen LogP contribution in [0.25, 0.3) is 11.0 Å². The maximum absolute atomic E-state index is 12.7. The SMILES string of the molecule is CC(C)(C)OC(=O)N1[C@H]2CC[C@H]1CC(OC1CCC(Oc3nccc4occc34)CC1)C2. The van der Waals surface area contributed by atoms with Crippen LogP contribution in [0.4, 0.5) is 4.79 Å². The molecule has 3 fully saturated rings. The molecular weight excluding hydrogens is 408 g/mol. The molecule has 1 aliphatic carbocycles. The van der Waals surface area contributed by atoms with Crippen molar-refractivity contribution in [2.45, 2.75) is 108 Å². The van der Waals surface area contributed by atoms with E-state index < -0.39 is 5.60 Å². The molecule has 174 valence electrons. The summed E-state index contributed by atoms with van der Waals surface area (Å²) in [7, 11) is 0. The van der Waals surface area contributed by atoms with Gasteiger partial charge in [0.05, 0.1) is 23.9 Å². The minimum Gasteiger partial charge on any atom is -0.474 e. The summed E-state index contributed by atoms with van der Waals surface area (Å²) in [5.41, 5.74) is 0.350. The number of aromatic nitrogens is 1. The number of amides is 1. The van der Waals surface area contributed by atoms with Gasteiger partial charge in [-0.25, -0.2) is 9.78 Å². The number of hydrogen-bond acceptors (Lipinski definition) is 6. The third-order valence-electron chi connectivity index (χ3n) is 6.92. The van der Waals surface area contributed by atoms with Gasteiger partial charge in [-0.2, -0.15) is 0 Å². The van der Waals surface area contributed by atoms with Crippen LogP contribution in [0, 0.1) is 0 Å². The average Bonchev–Trinajstić information content (AvgIpc) is 3.32. The highest BCUT2D eigenvalue weighted by atomic mass is 16.6. The lowest BCUT2D eigenvalue weighted by molar-refractivity contribution is -0.0814. The summed E-state index contributed by atoms with van der Waals surface area (Å²) in [4.78, 5) is 19.0. The number of carbonyl (C=O) groups is 1. The Labute approximate surface area is 189 Å². The van der Waals surface area contributed by atoms with Gasteiger partial charge < -0.3 is 23.5 Å². The molecular formula is C25H34N2O5. The highest BCUT2D eigenvalue weighted by Crippen LogP contribution is 2.39. The number of hydrogen-bond donors (Lipinski definition) is 0. The van der Waals surface area contributed by atoms with Gasteiger partial charge in [-0.15, -0.1) is 0 Å². The van der Waals surface area contributed by atoms with Gasteiger partial charge in [0.15, 0.2) is 0 Å². The number of piperidine rings is 1. The molecule has 4 heterocycles. The molecule has 0 unspecified atom stereocenters. The Hall–Kier alpha value is -2.28. The van der Waals surface area contributed by atoms with Gasteiger partial charge in [0, 0.05) is 18.3 Å². The second kappa shape index (κ2) is 8.58. The van der Waals surface area contributed by atoms with Crippen molar-refractivity contribution in [1.29, 1.82) is 0 Å². The van der Waals surface area contributed by atoms with Crippen molar-refractivity contribution in [3.63, 3.8) is 0 Å². The summed E-state index contributed by atoms with van der Waals surface area (Å²) in [5.74, 6) is 0.659. The number of furan rings is 1. The Morgan fingerprint density at radius 2 is 1.69 bits per heavy atom. The van der Waals surface area contributed by atoms with Crippen molar-refractivity contribution in [3.8, 4) is 5.88 Å². The summed E-state index contributed by atoms with van der Waals surface area (Å²) in [6.07, 6.45) is 11.7. The van der Waals surface area contributed by atoms with Gasteiger partial charge in [0.2, 0.25) is 5.88 Å². The third-order valence-corrected chi connectivity index (χ3v) is 6.92. The van der Waals surface area contributed by atoms with E-state index in [0.717, 1.165) is 62.3 Å². The fourth-order valence-electron chi connectivity index (χ4n) is 5.53. The van der Waals surface area contributed by atoms with E-state index in [1.807, 2.05) is 37.8 Å². The van der Waals surface area contributed by atoms with Crippen molar-refractivity contribution in [2.75, 3.05) is 0 Å². The molecule has 32 heavy (non-hydrogen) atoms. The Bertz CT molecular complexity index is 929. The van der Waals surface area contributed by atoms with E-state index in [1.165, 1.54) is 0 Å². The predicted molar refractivity (Wildman–Crippen MR) is 120 cm³/mol. The van der Waals surface area contributed by atoms with Crippen LogP contribution in [0.1, 0.15) is 72.1 Å². The minimum atomic E-state index is -0.455. The lowest BCUT2D eigenvalue weighted by Gasteiger charge is -2.41. The van der Waals surface area contributed by atoms with Crippen LogP contribution in [-0.4, -0.2) is 52.0 Å². The van der Waals surface area contributed by atoms with Gasteiger partial charge in [-0.05, 0) is 84.3 Å². The summed E-state index contributed by atoms with van der Waals surface area (Å²) >= 11 is 0. The second-order valence-corrected chi connectivity index (χ2v) is 10.5. The van der Waals surface area contributed by atoms with Gasteiger partial charge in [0.25, 0.3) is 0 Å². The molecule has 1 saturated carbocycles. The summed E-state index contributed by atoms with van der Waals surface area (Å²) < 4.78 is 23.8. The summed E-state index contributed by atoms with van der Waals surface area (Å²) in [6.45, 7) is 5.77. The lowest BCUT2D eigenvalue weighted by Crippen LogP contribution is -2.50. The maximum atomic E-state index is 12.7. The molecule has 0 radical (unpaired) electrons. The molecule has 7 heteroatoms. The summed E-state index contributed by atoms with van der Waals surface area (Å²) in [6, 6.07) is 4.25. The molecule has 0 aromatic carbocycles. The second-order valence-electron chi connectivity index (χ2n) is 10.5. The molecule has 2 aromatic rings. The van der Waals surface area contributed by atoms with Gasteiger partial charge in [-0.1, -0.05) is 0 Å². The minimum absolute atomic E-state index is 0.160. The van der Waals surface area contributed by atoms with Crippen LogP contribution < -0.4 is 4.74 Å². The smallest absolute Gasteiger partial charge is 0.410 e. The number of pyridine rings is 1. The van der Waals surface area contributed by atoms with Crippen molar-refractivity contribution in [3.05, 3.63) is 24.6 Å². The zero-order chi connectivity index (χ0) is 22.3. The number of carbonyl (C=O) groups excluding carboxylic acids is 1. The number of rotatable bonds is 4. The van der Waals surface area contributed by atoms with Crippen molar-refractivity contribution in [2.24, 2.45) is 0 Å². The lowest BCUT2D eigenvalue weighted by atomic mass is 9.93. The Morgan fingerprint density at radius 3 is 2.38 bits per heavy atom. The first-order valence-electron chi connectivity index (χ1n) is 12.0. The zero-order valence-corrected chi connectivity index (χ0v) is 19.3. The van der Waals surface area contributed by atoms with E-state index in [2.05, 4.69) is 4.98 Å². The normalized spacial score (nSPS) is 30.5. The Kier molecular flexibility index (Phi) is 5.78. The van der Waals surface area contributed by atoms with Crippen LogP contribution in [0.2, 0.25) is 0 Å². The zero-order valence-electron chi connectivity index (χ0n) is 19.3. The van der Waals surface area contributed by atoms with E-state index in [0.29, 0.717) is 5.88 Å². The Morgan fingerprint density at radius 1 is 1.00 bits per heavy atom. The fourth-order valence-corrected chi connectivity index (χ4v) is 5.53. The molecule has 7 nitrogen and oxygen atoms in total. The van der Waals surface area contributed by atoms with Crippen LogP contribution in [0.5, 0.6) is 5.88 Å². The molecule has 2 aliphatic heterocycles. The summed E-state index contributed by atoms with van der Waals surface area (Å²) in [5, 5.41) is 0.929. The van der Waals surface area contributed by atoms with E-state index in [1.54, 1.807) is 12.5 Å². The quantitative estimate of drug-likeness (QED) is 0.625. The van der Waals surface area contributed by atoms with Crippen molar-refractivity contribution in [1.82, 2.24) is 9.88 Å². The van der Waals surface area contributed by atoms with Crippen molar-refractivity contribution < 1.29 is 23.4 Å². The molecule has 0 N–H and O–H groups in total. The largest absolute Gasteiger partial charge is 0.474 e. The van der Waals surface area contributed by atoms with E-state index in [-0.39, 0.29) is 36.5 Å². The predicted octanol–water partition coefficient (Wildman–Crippen LogP) is 5.46. The molecule has 3 aliphatic rings. The first-order valence-corrected chi connectivity index (χ1v) is 12.0. The molecule has 2 aromatic heterocycles. The van der Waals surface area contributed by atoms with Gasteiger partial charge in [-0.3, -0.25) is 0 Å². The van der Waals surface area contributed by atoms with E-state index >= 15 is 0 Å². The van der Waals surface area contributed by atoms with Crippen LogP contribution >= 0.6 is 0 Å². The van der Waals surface area contributed by atoms with E-state index in [4.69, 9.17) is 18.6 Å². The molecule has 0 spiro atoms. The Balaban J connectivity index is 1.11. The fraction of sp³-hybridized carbons (Fsp3) is 0.680. The third kappa shape index (κ3) is 4.58. The van der Waals surface area contributed by atoms with Gasteiger partial charge >= 0.3 is 6.09 Å².